The lowest BCUT2D eigenvalue weighted by atomic mass is 9.99. The van der Waals surface area contributed by atoms with E-state index in [9.17, 15) is 9.59 Å². The van der Waals surface area contributed by atoms with E-state index in [0.717, 1.165) is 38.1 Å². The van der Waals surface area contributed by atoms with Gasteiger partial charge >= 0.3 is 0 Å². The zero-order valence-corrected chi connectivity index (χ0v) is 16.3. The van der Waals surface area contributed by atoms with Crippen molar-refractivity contribution in [3.8, 4) is 0 Å². The summed E-state index contributed by atoms with van der Waals surface area (Å²) in [6, 6.07) is 15.6. The molecule has 29 heavy (non-hydrogen) atoms. The first-order chi connectivity index (χ1) is 14.2. The maximum absolute atomic E-state index is 13.0. The Morgan fingerprint density at radius 1 is 0.966 bits per heavy atom. The van der Waals surface area contributed by atoms with E-state index in [2.05, 4.69) is 18.2 Å². The van der Waals surface area contributed by atoms with Crippen LogP contribution in [0, 0.1) is 0 Å². The van der Waals surface area contributed by atoms with Gasteiger partial charge in [0.15, 0.2) is 0 Å². The summed E-state index contributed by atoms with van der Waals surface area (Å²) in [7, 11) is 0. The van der Waals surface area contributed by atoms with Gasteiger partial charge in [0.25, 0.3) is 11.5 Å². The normalized spacial score (nSPS) is 16.4. The van der Waals surface area contributed by atoms with Gasteiger partial charge in [-0.25, -0.2) is 4.98 Å². The maximum Gasteiger partial charge on any atom is 0.261 e. The predicted molar refractivity (Wildman–Crippen MR) is 114 cm³/mol. The molecule has 3 heterocycles. The minimum Gasteiger partial charge on any atom is -0.335 e. The second-order valence-electron chi connectivity index (χ2n) is 7.77. The highest BCUT2D eigenvalue weighted by atomic mass is 16.2. The van der Waals surface area contributed by atoms with Gasteiger partial charge in [-0.15, -0.1) is 0 Å². The Morgan fingerprint density at radius 3 is 2.62 bits per heavy atom. The fraction of sp³-hybridized carbons (Fsp3) is 0.292. The van der Waals surface area contributed by atoms with Crippen LogP contribution in [0.15, 0.2) is 59.4 Å². The number of carbonyl (C=O) groups is 1. The third-order valence-corrected chi connectivity index (χ3v) is 5.95. The zero-order chi connectivity index (χ0) is 19.8. The Morgan fingerprint density at radius 2 is 1.83 bits per heavy atom. The fourth-order valence-electron chi connectivity index (χ4n) is 4.33. The van der Waals surface area contributed by atoms with Crippen LogP contribution in [-0.4, -0.2) is 33.4 Å². The molecule has 2 aromatic carbocycles. The molecular formula is C24H23N3O2. The van der Waals surface area contributed by atoms with Crippen molar-refractivity contribution in [2.24, 2.45) is 0 Å². The molecule has 146 valence electrons. The molecule has 0 saturated heterocycles. The van der Waals surface area contributed by atoms with Crippen molar-refractivity contribution in [2.75, 3.05) is 13.1 Å². The molecule has 5 rings (SSSR count). The molecule has 0 spiro atoms. The van der Waals surface area contributed by atoms with Gasteiger partial charge in [0.05, 0.1) is 10.9 Å². The Hall–Kier alpha value is -3.21. The van der Waals surface area contributed by atoms with Gasteiger partial charge in [-0.3, -0.25) is 14.2 Å². The standard InChI is InChI=1S/C24H23N3O2/c28-23(26-14-11-18(12-15-26)17-6-2-1-3-7-17)19-9-10-20-21(16-19)25-22-8-4-5-13-27(22)24(20)29/h1-3,6-7,9-11,16H,4-5,8,12-15H2. The molecule has 3 aromatic rings. The zero-order valence-electron chi connectivity index (χ0n) is 16.3. The van der Waals surface area contributed by atoms with Gasteiger partial charge in [-0.05, 0) is 48.6 Å². The van der Waals surface area contributed by atoms with Gasteiger partial charge in [0.1, 0.15) is 5.82 Å². The average molecular weight is 385 g/mol. The molecule has 2 aliphatic heterocycles. The molecule has 1 amide bonds. The molecule has 0 bridgehead atoms. The van der Waals surface area contributed by atoms with E-state index in [1.165, 1.54) is 11.1 Å². The van der Waals surface area contributed by atoms with Crippen molar-refractivity contribution in [1.29, 1.82) is 0 Å². The largest absolute Gasteiger partial charge is 0.335 e. The minimum absolute atomic E-state index is 0.00474. The van der Waals surface area contributed by atoms with Gasteiger partial charge in [0, 0.05) is 31.6 Å². The van der Waals surface area contributed by atoms with Gasteiger partial charge in [-0.2, -0.15) is 0 Å². The minimum atomic E-state index is -0.00474. The smallest absolute Gasteiger partial charge is 0.261 e. The summed E-state index contributed by atoms with van der Waals surface area (Å²) in [5, 5.41) is 0.595. The SMILES string of the molecule is O=C(c1ccc2c(=O)n3c(nc2c1)CCCC3)N1CC=C(c2ccccc2)CC1. The van der Waals surface area contributed by atoms with Gasteiger partial charge < -0.3 is 4.90 Å². The number of rotatable bonds is 2. The lowest BCUT2D eigenvalue weighted by Crippen LogP contribution is -2.34. The van der Waals surface area contributed by atoms with E-state index in [-0.39, 0.29) is 11.5 Å². The van der Waals surface area contributed by atoms with Crippen LogP contribution in [0.25, 0.3) is 16.5 Å². The summed E-state index contributed by atoms with van der Waals surface area (Å²) in [5.41, 5.74) is 3.75. The Bertz CT molecular complexity index is 1180. The van der Waals surface area contributed by atoms with E-state index >= 15 is 0 Å². The molecule has 2 aliphatic rings. The number of fused-ring (bicyclic) bond motifs is 2. The van der Waals surface area contributed by atoms with Crippen LogP contribution in [0.4, 0.5) is 0 Å². The molecule has 0 aliphatic carbocycles. The number of amides is 1. The number of aryl methyl sites for hydroxylation is 1. The summed E-state index contributed by atoms with van der Waals surface area (Å²) in [4.78, 5) is 32.3. The van der Waals surface area contributed by atoms with Gasteiger partial charge in [-0.1, -0.05) is 36.4 Å². The van der Waals surface area contributed by atoms with Crippen LogP contribution in [-0.2, 0) is 13.0 Å². The van der Waals surface area contributed by atoms with Crippen LogP contribution in [0.1, 0.15) is 41.0 Å². The van der Waals surface area contributed by atoms with Crippen LogP contribution in [0.3, 0.4) is 0 Å². The van der Waals surface area contributed by atoms with Crippen LogP contribution < -0.4 is 5.56 Å². The van der Waals surface area contributed by atoms with Crippen molar-refractivity contribution < 1.29 is 4.79 Å². The number of carbonyl (C=O) groups excluding carboxylic acids is 1. The summed E-state index contributed by atoms with van der Waals surface area (Å²) >= 11 is 0. The number of hydrogen-bond acceptors (Lipinski definition) is 3. The monoisotopic (exact) mass is 385 g/mol. The average Bonchev–Trinajstić information content (AvgIpc) is 2.79. The van der Waals surface area contributed by atoms with Crippen LogP contribution in [0.2, 0.25) is 0 Å². The summed E-state index contributed by atoms with van der Waals surface area (Å²) < 4.78 is 1.79. The van der Waals surface area contributed by atoms with Crippen molar-refractivity contribution in [2.45, 2.75) is 32.2 Å². The van der Waals surface area contributed by atoms with Crippen LogP contribution in [0.5, 0.6) is 0 Å². The first-order valence-electron chi connectivity index (χ1n) is 10.3. The molecule has 0 N–H and O–H groups in total. The third-order valence-electron chi connectivity index (χ3n) is 5.95. The second kappa shape index (κ2) is 7.32. The van der Waals surface area contributed by atoms with E-state index in [4.69, 9.17) is 4.98 Å². The second-order valence-corrected chi connectivity index (χ2v) is 7.77. The van der Waals surface area contributed by atoms with Crippen molar-refractivity contribution in [1.82, 2.24) is 14.5 Å². The van der Waals surface area contributed by atoms with Crippen molar-refractivity contribution in [3.63, 3.8) is 0 Å². The Labute approximate surface area is 169 Å². The summed E-state index contributed by atoms with van der Waals surface area (Å²) in [5.74, 6) is 0.835. The number of aromatic nitrogens is 2. The molecule has 0 unspecified atom stereocenters. The molecule has 1 aromatic heterocycles. The van der Waals surface area contributed by atoms with Crippen LogP contribution >= 0.6 is 0 Å². The van der Waals surface area contributed by atoms with Gasteiger partial charge in [0.2, 0.25) is 0 Å². The highest BCUT2D eigenvalue weighted by molar-refractivity contribution is 5.98. The first-order valence-corrected chi connectivity index (χ1v) is 10.3. The molecular weight excluding hydrogens is 362 g/mol. The molecule has 0 fully saturated rings. The quantitative estimate of drug-likeness (QED) is 0.676. The lowest BCUT2D eigenvalue weighted by molar-refractivity contribution is 0.0773. The number of hydrogen-bond donors (Lipinski definition) is 0. The number of nitrogens with zero attached hydrogens (tertiary/aromatic N) is 3. The molecule has 0 atom stereocenters. The van der Waals surface area contributed by atoms with E-state index in [0.29, 0.717) is 29.6 Å². The summed E-state index contributed by atoms with van der Waals surface area (Å²) in [6.07, 6.45) is 5.88. The first kappa shape index (κ1) is 17.9. The molecule has 5 nitrogen and oxygen atoms in total. The molecule has 5 heteroatoms. The topological polar surface area (TPSA) is 55.2 Å². The number of benzene rings is 2. The van der Waals surface area contributed by atoms with E-state index < -0.39 is 0 Å². The molecule has 0 radical (unpaired) electrons. The predicted octanol–water partition coefficient (Wildman–Crippen LogP) is 3.66. The fourth-order valence-corrected chi connectivity index (χ4v) is 4.33. The van der Waals surface area contributed by atoms with E-state index in [1.54, 1.807) is 22.8 Å². The van der Waals surface area contributed by atoms with Crippen molar-refractivity contribution >= 4 is 22.4 Å². The lowest BCUT2D eigenvalue weighted by Gasteiger charge is -2.27. The van der Waals surface area contributed by atoms with Crippen molar-refractivity contribution in [3.05, 3.63) is 81.9 Å². The Kier molecular flexibility index (Phi) is 4.51. The third kappa shape index (κ3) is 3.27. The maximum atomic E-state index is 13.0. The summed E-state index contributed by atoms with van der Waals surface area (Å²) in [6.45, 7) is 2.03. The molecule has 0 saturated carbocycles. The van der Waals surface area contributed by atoms with E-state index in [1.807, 2.05) is 23.1 Å². The highest BCUT2D eigenvalue weighted by Crippen LogP contribution is 2.23. The highest BCUT2D eigenvalue weighted by Gasteiger charge is 2.21. The Balaban J connectivity index is 1.42.